The van der Waals surface area contributed by atoms with E-state index in [1.54, 1.807) is 0 Å². The molecule has 9 nitrogen and oxygen atoms in total. The first-order chi connectivity index (χ1) is 41.6. The molecule has 0 rings (SSSR count). The lowest BCUT2D eigenvalue weighted by molar-refractivity contribution is -0.870. The second-order valence-corrected chi connectivity index (χ2v) is 23.0. The number of rotatable bonds is 60. The second-order valence-electron chi connectivity index (χ2n) is 23.0. The standard InChI is InChI=1S/C76H123NO8/c1-6-8-10-12-14-16-18-20-22-24-26-28-29-30-31-32-33-34-35-36-37-38-39-40-41-42-43-44-45-47-49-51-53-55-57-59-61-63-65-67-74(79)85-72(71-84-76(75(80)81)82-69-68-77(3,4)5)70-83-73(78)66-64-62-60-58-56-54-52-50-48-46-27-25-23-21-19-17-15-13-11-9-7-2/h8,10,14,16,20,22,25-28,30-31,33-34,36-37,39-40,42-43,45,47,51,53,57,59,72,76H,6-7,9,11-13,15,17-19,21,23-24,29,32,35,38,41,44,46,48-50,52,54-56,58,60-71H2,1-5H3/b10-8-,16-14-,22-20-,27-25-,28-26-,31-30-,34-33-,37-36-,40-39-,43-42-,47-45-,53-51-,59-57-. The third-order valence-corrected chi connectivity index (χ3v) is 13.8. The maximum atomic E-state index is 12.9. The molecule has 0 N–H and O–H groups in total. The summed E-state index contributed by atoms with van der Waals surface area (Å²) in [7, 11) is 5.90. The minimum atomic E-state index is -1.64. The lowest BCUT2D eigenvalue weighted by Crippen LogP contribution is -2.44. The Morgan fingerprint density at radius 1 is 0.365 bits per heavy atom. The Balaban J connectivity index is 4.29. The minimum Gasteiger partial charge on any atom is -0.545 e. The van der Waals surface area contributed by atoms with E-state index in [9.17, 15) is 19.5 Å². The quantitative estimate of drug-likeness (QED) is 0.0195. The van der Waals surface area contributed by atoms with Gasteiger partial charge in [-0.1, -0.05) is 262 Å². The lowest BCUT2D eigenvalue weighted by Gasteiger charge is -2.26. The van der Waals surface area contributed by atoms with Crippen molar-refractivity contribution in [2.75, 3.05) is 47.5 Å². The Morgan fingerprint density at radius 2 is 0.671 bits per heavy atom. The first-order valence-electron chi connectivity index (χ1n) is 33.6. The van der Waals surface area contributed by atoms with E-state index in [2.05, 4.69) is 172 Å². The maximum Gasteiger partial charge on any atom is 0.306 e. The number of carbonyl (C=O) groups is 3. The van der Waals surface area contributed by atoms with Crippen LogP contribution in [0.5, 0.6) is 0 Å². The summed E-state index contributed by atoms with van der Waals surface area (Å²) in [6.07, 6.45) is 93.2. The highest BCUT2D eigenvalue weighted by Gasteiger charge is 2.22. The predicted octanol–water partition coefficient (Wildman–Crippen LogP) is 19.6. The van der Waals surface area contributed by atoms with E-state index in [0.29, 0.717) is 17.4 Å². The third kappa shape index (κ3) is 66.3. The van der Waals surface area contributed by atoms with Crippen LogP contribution in [-0.4, -0.2) is 82.3 Å². The molecule has 0 aliphatic heterocycles. The van der Waals surface area contributed by atoms with Crippen molar-refractivity contribution in [3.8, 4) is 0 Å². The van der Waals surface area contributed by atoms with E-state index in [4.69, 9.17) is 18.9 Å². The number of hydrogen-bond donors (Lipinski definition) is 0. The van der Waals surface area contributed by atoms with Crippen LogP contribution in [0.3, 0.4) is 0 Å². The van der Waals surface area contributed by atoms with Gasteiger partial charge in [-0.15, -0.1) is 0 Å². The monoisotopic (exact) mass is 1180 g/mol. The lowest BCUT2D eigenvalue weighted by atomic mass is 10.1. The first-order valence-corrected chi connectivity index (χ1v) is 33.6. The minimum absolute atomic E-state index is 0.131. The van der Waals surface area contributed by atoms with Crippen LogP contribution >= 0.6 is 0 Å². The number of unbranched alkanes of at least 4 members (excludes halogenated alkanes) is 19. The summed E-state index contributed by atoms with van der Waals surface area (Å²) < 4.78 is 22.7. The molecule has 0 amide bonds. The fourth-order valence-corrected chi connectivity index (χ4v) is 8.63. The number of carbonyl (C=O) groups excluding carboxylic acids is 3. The van der Waals surface area contributed by atoms with Gasteiger partial charge in [0.2, 0.25) is 0 Å². The van der Waals surface area contributed by atoms with Crippen molar-refractivity contribution in [1.82, 2.24) is 0 Å². The number of quaternary nitrogens is 1. The zero-order valence-electron chi connectivity index (χ0n) is 54.7. The van der Waals surface area contributed by atoms with Crippen molar-refractivity contribution in [3.63, 3.8) is 0 Å². The zero-order chi connectivity index (χ0) is 61.9. The number of allylic oxidation sites excluding steroid dienone is 26. The predicted molar refractivity (Wildman–Crippen MR) is 361 cm³/mol. The van der Waals surface area contributed by atoms with E-state index in [-0.39, 0.29) is 38.6 Å². The summed E-state index contributed by atoms with van der Waals surface area (Å²) >= 11 is 0. The van der Waals surface area contributed by atoms with Crippen molar-refractivity contribution in [1.29, 1.82) is 0 Å². The van der Waals surface area contributed by atoms with E-state index < -0.39 is 24.3 Å². The average molecular weight is 1180 g/mol. The summed E-state index contributed by atoms with van der Waals surface area (Å²) in [5.41, 5.74) is 0. The van der Waals surface area contributed by atoms with Crippen molar-refractivity contribution in [2.45, 2.75) is 257 Å². The molecule has 0 aromatic rings. The van der Waals surface area contributed by atoms with Crippen LogP contribution in [0.4, 0.5) is 0 Å². The molecular weight excluding hydrogens is 1050 g/mol. The molecule has 2 unspecified atom stereocenters. The molecule has 0 bridgehead atoms. The molecule has 9 heteroatoms. The van der Waals surface area contributed by atoms with E-state index in [1.807, 2.05) is 21.1 Å². The molecule has 0 saturated carbocycles. The molecule has 0 radical (unpaired) electrons. The number of nitrogens with zero attached hydrogens (tertiary/aromatic N) is 1. The number of carboxylic acid groups (broad SMARTS) is 1. The van der Waals surface area contributed by atoms with Gasteiger partial charge in [-0.2, -0.15) is 0 Å². The Morgan fingerprint density at radius 3 is 1.04 bits per heavy atom. The average Bonchev–Trinajstić information content (AvgIpc) is 3.49. The molecule has 0 fully saturated rings. The number of likely N-dealkylation sites (N-methyl/N-ethyl adjacent to an activating group) is 1. The van der Waals surface area contributed by atoms with Crippen molar-refractivity contribution in [2.24, 2.45) is 0 Å². The largest absolute Gasteiger partial charge is 0.545 e. The summed E-state index contributed by atoms with van der Waals surface area (Å²) in [6, 6.07) is 0. The van der Waals surface area contributed by atoms with Gasteiger partial charge in [0.15, 0.2) is 12.4 Å². The van der Waals surface area contributed by atoms with Gasteiger partial charge in [-0.25, -0.2) is 0 Å². The van der Waals surface area contributed by atoms with Crippen LogP contribution in [0, 0.1) is 0 Å². The summed E-state index contributed by atoms with van der Waals surface area (Å²) in [5.74, 6) is -2.36. The molecule has 0 heterocycles. The molecule has 0 aliphatic rings. The molecule has 2 atom stereocenters. The molecule has 0 aromatic heterocycles. The topological polar surface area (TPSA) is 111 Å². The second kappa shape index (κ2) is 64.9. The van der Waals surface area contributed by atoms with Crippen LogP contribution in [0.25, 0.3) is 0 Å². The number of hydrogen-bond acceptors (Lipinski definition) is 8. The van der Waals surface area contributed by atoms with E-state index >= 15 is 0 Å². The van der Waals surface area contributed by atoms with Crippen LogP contribution in [0.2, 0.25) is 0 Å². The highest BCUT2D eigenvalue weighted by molar-refractivity contribution is 5.70. The number of esters is 2. The summed E-state index contributed by atoms with van der Waals surface area (Å²) in [5, 5.41) is 11.8. The van der Waals surface area contributed by atoms with Gasteiger partial charge in [0.1, 0.15) is 13.2 Å². The maximum absolute atomic E-state index is 12.9. The van der Waals surface area contributed by atoms with Gasteiger partial charge < -0.3 is 33.3 Å². The van der Waals surface area contributed by atoms with Crippen LogP contribution in [-0.2, 0) is 33.3 Å². The van der Waals surface area contributed by atoms with Crippen molar-refractivity contribution < 1.29 is 42.9 Å². The molecule has 480 valence electrons. The van der Waals surface area contributed by atoms with Crippen LogP contribution in [0.1, 0.15) is 245 Å². The first kappa shape index (κ1) is 79.9. The molecule has 0 aromatic carbocycles. The number of ether oxygens (including phenoxy) is 4. The van der Waals surface area contributed by atoms with E-state index in [1.165, 1.54) is 96.3 Å². The fraction of sp³-hybridized carbons (Fsp3) is 0.618. The Labute approximate surface area is 521 Å². The van der Waals surface area contributed by atoms with Crippen molar-refractivity contribution >= 4 is 17.9 Å². The van der Waals surface area contributed by atoms with Gasteiger partial charge in [0, 0.05) is 12.8 Å². The number of carboxylic acids is 1. The summed E-state index contributed by atoms with van der Waals surface area (Å²) in [6.45, 7) is 4.57. The van der Waals surface area contributed by atoms with E-state index in [0.717, 1.165) is 116 Å². The highest BCUT2D eigenvalue weighted by atomic mass is 16.7. The Kier molecular flexibility index (Phi) is 61.0. The van der Waals surface area contributed by atoms with Crippen LogP contribution < -0.4 is 5.11 Å². The molecule has 0 saturated heterocycles. The van der Waals surface area contributed by atoms with Crippen LogP contribution in [0.15, 0.2) is 158 Å². The highest BCUT2D eigenvalue weighted by Crippen LogP contribution is 2.15. The number of aliphatic carboxylic acids is 1. The van der Waals surface area contributed by atoms with Gasteiger partial charge in [0.25, 0.3) is 0 Å². The molecule has 0 aliphatic carbocycles. The third-order valence-electron chi connectivity index (χ3n) is 13.8. The fourth-order valence-electron chi connectivity index (χ4n) is 8.63. The zero-order valence-corrected chi connectivity index (χ0v) is 54.7. The molecular formula is C76H123NO8. The smallest absolute Gasteiger partial charge is 0.306 e. The van der Waals surface area contributed by atoms with Gasteiger partial charge in [0.05, 0.1) is 40.3 Å². The Hall–Kier alpha value is -5.09. The van der Waals surface area contributed by atoms with Gasteiger partial charge >= 0.3 is 11.9 Å². The van der Waals surface area contributed by atoms with Gasteiger partial charge in [-0.3, -0.25) is 9.59 Å². The summed E-state index contributed by atoms with van der Waals surface area (Å²) in [4.78, 5) is 37.4. The SMILES string of the molecule is CC/C=C\C/C=C\C/C=C\C/C=C\C/C=C\C/C=C\C/C=C\C/C=C\C/C=C\C/C=C\C/C=C\C/C=C\CCCCC(=O)OC(COC(=O)CCCCCCCCCCC/C=C\CCCCCCCCCC)COC(OCC[N+](C)(C)C)C(=O)[O-]. The Bertz CT molecular complexity index is 1950. The molecule has 85 heavy (non-hydrogen) atoms. The normalized spacial score (nSPS) is 13.8. The van der Waals surface area contributed by atoms with Crippen molar-refractivity contribution in [3.05, 3.63) is 158 Å². The molecule has 0 spiro atoms. The van der Waals surface area contributed by atoms with Gasteiger partial charge in [-0.05, 0) is 128 Å².